The summed E-state index contributed by atoms with van der Waals surface area (Å²) in [5, 5.41) is 12.9. The van der Waals surface area contributed by atoms with Gasteiger partial charge in [0.1, 0.15) is 5.83 Å². The van der Waals surface area contributed by atoms with E-state index in [1.807, 2.05) is 25.2 Å². The van der Waals surface area contributed by atoms with Crippen LogP contribution in [0.4, 0.5) is 4.39 Å². The van der Waals surface area contributed by atoms with Gasteiger partial charge in [-0.15, -0.1) is 6.58 Å². The summed E-state index contributed by atoms with van der Waals surface area (Å²) in [4.78, 5) is 2.43. The minimum Gasteiger partial charge on any atom is -0.325 e. The monoisotopic (exact) mass is 420 g/mol. The van der Waals surface area contributed by atoms with Gasteiger partial charge >= 0.3 is 0 Å². The fourth-order valence-electron chi connectivity index (χ4n) is 3.84. The average molecular weight is 421 g/mol. The highest BCUT2D eigenvalue weighted by Gasteiger charge is 2.38. The van der Waals surface area contributed by atoms with Crippen LogP contribution in [0.5, 0.6) is 0 Å². The number of hydrazine groups is 2. The van der Waals surface area contributed by atoms with E-state index in [4.69, 9.17) is 11.1 Å². The summed E-state index contributed by atoms with van der Waals surface area (Å²) >= 11 is 0. The fraction of sp³-hybridized carbons (Fsp3) is 0.696. The zero-order valence-electron chi connectivity index (χ0n) is 19.3. The Hall–Kier alpha value is -1.38. The Morgan fingerprint density at radius 3 is 2.67 bits per heavy atom. The maximum Gasteiger partial charge on any atom is 0.117 e. The number of halogens is 1. The van der Waals surface area contributed by atoms with Gasteiger partial charge in [0.15, 0.2) is 0 Å². The van der Waals surface area contributed by atoms with Gasteiger partial charge < -0.3 is 11.1 Å². The smallest absolute Gasteiger partial charge is 0.117 e. The first-order valence-electron chi connectivity index (χ1n) is 11.1. The van der Waals surface area contributed by atoms with Crippen LogP contribution in [0.25, 0.3) is 0 Å². The molecule has 0 radical (unpaired) electrons. The Morgan fingerprint density at radius 1 is 1.40 bits per heavy atom. The average Bonchev–Trinajstić information content (AvgIpc) is 3.26. The molecule has 2 fully saturated rings. The Labute approximate surface area is 182 Å². The molecule has 170 valence electrons. The quantitative estimate of drug-likeness (QED) is 0.184. The molecule has 2 aliphatic rings. The van der Waals surface area contributed by atoms with Crippen molar-refractivity contribution in [1.29, 1.82) is 5.41 Å². The molecular formula is C23H41FN6. The lowest BCUT2D eigenvalue weighted by Crippen LogP contribution is -2.49. The van der Waals surface area contributed by atoms with Gasteiger partial charge in [-0.2, -0.15) is 5.12 Å². The van der Waals surface area contributed by atoms with Crippen molar-refractivity contribution >= 4 is 5.71 Å². The number of nitrogens with zero attached hydrogens (tertiary/aromatic N) is 3. The van der Waals surface area contributed by atoms with E-state index in [1.54, 1.807) is 6.08 Å². The molecule has 0 aromatic rings. The Morgan fingerprint density at radius 2 is 2.10 bits per heavy atom. The molecule has 0 amide bonds. The number of hydrogen-bond acceptors (Lipinski definition) is 6. The summed E-state index contributed by atoms with van der Waals surface area (Å²) < 4.78 is 14.4. The Balaban J connectivity index is 1.95. The van der Waals surface area contributed by atoms with Gasteiger partial charge in [-0.3, -0.25) is 4.90 Å². The molecule has 1 saturated carbocycles. The lowest BCUT2D eigenvalue weighted by atomic mass is 9.92. The van der Waals surface area contributed by atoms with E-state index in [0.29, 0.717) is 24.3 Å². The minimum absolute atomic E-state index is 0.0926. The second-order valence-corrected chi connectivity index (χ2v) is 9.08. The van der Waals surface area contributed by atoms with Crippen LogP contribution in [-0.4, -0.2) is 67.2 Å². The highest BCUT2D eigenvalue weighted by atomic mass is 19.1. The van der Waals surface area contributed by atoms with E-state index in [-0.39, 0.29) is 23.7 Å². The number of allylic oxidation sites excluding steroid dienone is 3. The molecule has 1 unspecified atom stereocenters. The normalized spacial score (nSPS) is 21.6. The molecule has 1 atom stereocenters. The Bertz CT molecular complexity index is 667. The van der Waals surface area contributed by atoms with Gasteiger partial charge in [0.25, 0.3) is 0 Å². The van der Waals surface area contributed by atoms with Crippen LogP contribution < -0.4 is 11.2 Å². The van der Waals surface area contributed by atoms with Gasteiger partial charge in [0.2, 0.25) is 0 Å². The molecule has 0 spiro atoms. The van der Waals surface area contributed by atoms with E-state index in [0.717, 1.165) is 51.1 Å². The molecule has 6 nitrogen and oxygen atoms in total. The zero-order valence-corrected chi connectivity index (χ0v) is 19.3. The predicted molar refractivity (Wildman–Crippen MR) is 124 cm³/mol. The maximum absolute atomic E-state index is 14.4. The molecule has 0 aromatic carbocycles. The molecule has 0 aromatic heterocycles. The van der Waals surface area contributed by atoms with Crippen molar-refractivity contribution in [2.45, 2.75) is 46.5 Å². The highest BCUT2D eigenvalue weighted by molar-refractivity contribution is 6.00. The third-order valence-corrected chi connectivity index (χ3v) is 6.26. The molecule has 1 heterocycles. The largest absolute Gasteiger partial charge is 0.325 e. The van der Waals surface area contributed by atoms with E-state index >= 15 is 0 Å². The molecule has 2 rings (SSSR count). The van der Waals surface area contributed by atoms with Crippen LogP contribution in [0, 0.1) is 16.7 Å². The van der Waals surface area contributed by atoms with Crippen LogP contribution in [-0.2, 0) is 0 Å². The standard InChI is InChI=1S/C23H41FN6/c1-6-10-29-11-12-30(17-29)28(5)27-16-19(7-2)22(26)18(3)13-20(21(24)15-25)14-23(4)8-9-23/h7,13,19,26-27H,2,6,8-12,14-17,25H2,1,3-5H3/b18-13+,21-20-,26-22?. The van der Waals surface area contributed by atoms with E-state index in [1.165, 1.54) is 0 Å². The Kier molecular flexibility index (Phi) is 9.37. The van der Waals surface area contributed by atoms with Crippen molar-refractivity contribution in [3.63, 3.8) is 0 Å². The fourth-order valence-corrected chi connectivity index (χ4v) is 3.84. The first kappa shape index (κ1) is 24.9. The summed E-state index contributed by atoms with van der Waals surface area (Å²) in [5.74, 6) is -0.425. The molecule has 30 heavy (non-hydrogen) atoms. The van der Waals surface area contributed by atoms with Crippen LogP contribution in [0.3, 0.4) is 0 Å². The van der Waals surface area contributed by atoms with Crippen molar-refractivity contribution in [1.82, 2.24) is 20.5 Å². The summed E-state index contributed by atoms with van der Waals surface area (Å²) in [5.41, 5.74) is 11.0. The molecule has 4 N–H and O–H groups in total. The lowest BCUT2D eigenvalue weighted by Gasteiger charge is -2.30. The third kappa shape index (κ3) is 7.10. The van der Waals surface area contributed by atoms with Crippen LogP contribution in [0.2, 0.25) is 0 Å². The second-order valence-electron chi connectivity index (χ2n) is 9.08. The highest BCUT2D eigenvalue weighted by Crippen LogP contribution is 2.50. The summed E-state index contributed by atoms with van der Waals surface area (Å²) in [6, 6.07) is 0. The summed E-state index contributed by atoms with van der Waals surface area (Å²) in [6.07, 6.45) is 7.69. The maximum atomic E-state index is 14.4. The topological polar surface area (TPSA) is 71.6 Å². The SMILES string of the molecule is C=CC(CNN(C)N1CCN(CCC)C1)C(=N)/C(C)=C/C(CC1(C)CC1)=C(/F)CN. The molecule has 1 aliphatic carbocycles. The van der Waals surface area contributed by atoms with Gasteiger partial charge in [-0.05, 0) is 55.7 Å². The van der Waals surface area contributed by atoms with Crippen LogP contribution in [0.1, 0.15) is 46.5 Å². The van der Waals surface area contributed by atoms with Crippen LogP contribution in [0.15, 0.2) is 35.7 Å². The van der Waals surface area contributed by atoms with Crippen molar-refractivity contribution in [2.24, 2.45) is 17.1 Å². The van der Waals surface area contributed by atoms with Gasteiger partial charge in [0.05, 0.1) is 6.67 Å². The number of nitrogens with two attached hydrogens (primary N) is 1. The van der Waals surface area contributed by atoms with E-state index in [2.05, 4.69) is 35.8 Å². The number of nitrogens with one attached hydrogen (secondary N) is 2. The van der Waals surface area contributed by atoms with Gasteiger partial charge in [0, 0.05) is 44.9 Å². The van der Waals surface area contributed by atoms with E-state index in [9.17, 15) is 4.39 Å². The molecular weight excluding hydrogens is 379 g/mol. The lowest BCUT2D eigenvalue weighted by molar-refractivity contribution is -0.0388. The third-order valence-electron chi connectivity index (χ3n) is 6.26. The number of rotatable bonds is 13. The second kappa shape index (κ2) is 11.3. The van der Waals surface area contributed by atoms with Gasteiger partial charge in [-0.1, -0.05) is 26.0 Å². The van der Waals surface area contributed by atoms with Crippen molar-refractivity contribution in [2.75, 3.05) is 46.4 Å². The minimum atomic E-state index is -0.269. The first-order valence-corrected chi connectivity index (χ1v) is 11.1. The molecule has 7 heteroatoms. The molecule has 0 bridgehead atoms. The van der Waals surface area contributed by atoms with Crippen molar-refractivity contribution < 1.29 is 4.39 Å². The van der Waals surface area contributed by atoms with Crippen molar-refractivity contribution in [3.8, 4) is 0 Å². The molecule has 1 aliphatic heterocycles. The molecule has 1 saturated heterocycles. The summed E-state index contributed by atoms with van der Waals surface area (Å²) in [7, 11) is 2.01. The van der Waals surface area contributed by atoms with Crippen molar-refractivity contribution in [3.05, 3.63) is 35.7 Å². The summed E-state index contributed by atoms with van der Waals surface area (Å²) in [6.45, 7) is 14.8. The number of hydrogen-bond donors (Lipinski definition) is 3. The zero-order chi connectivity index (χ0) is 22.3. The van der Waals surface area contributed by atoms with Crippen LogP contribution >= 0.6 is 0 Å². The van der Waals surface area contributed by atoms with Gasteiger partial charge in [-0.25, -0.2) is 14.8 Å². The predicted octanol–water partition coefficient (Wildman–Crippen LogP) is 3.46. The first-order chi connectivity index (χ1) is 14.2. The van der Waals surface area contributed by atoms with E-state index < -0.39 is 0 Å².